The van der Waals surface area contributed by atoms with E-state index in [0.29, 0.717) is 28.4 Å². The Morgan fingerprint density at radius 3 is 2.28 bits per heavy atom. The molecule has 2 rings (SSSR count). The number of ether oxygens (including phenoxy) is 3. The first kappa shape index (κ1) is 18.6. The molecular formula is C19H23NO5. The Labute approximate surface area is 147 Å². The fourth-order valence-electron chi connectivity index (χ4n) is 2.53. The van der Waals surface area contributed by atoms with E-state index in [1.807, 2.05) is 0 Å². The fraction of sp³-hybridized carbons (Fsp3) is 0.316. The van der Waals surface area contributed by atoms with Gasteiger partial charge in [-0.25, -0.2) is 0 Å². The van der Waals surface area contributed by atoms with E-state index in [4.69, 9.17) is 14.2 Å². The van der Waals surface area contributed by atoms with Crippen LogP contribution >= 0.6 is 0 Å². The predicted molar refractivity (Wildman–Crippen MR) is 94.5 cm³/mol. The van der Waals surface area contributed by atoms with E-state index in [2.05, 4.69) is 0 Å². The highest BCUT2D eigenvalue weighted by molar-refractivity contribution is 5.96. The number of methoxy groups -OCH3 is 3. The quantitative estimate of drug-likeness (QED) is 0.835. The van der Waals surface area contributed by atoms with Crippen molar-refractivity contribution >= 4 is 5.91 Å². The van der Waals surface area contributed by atoms with Crippen molar-refractivity contribution in [1.82, 2.24) is 4.90 Å². The molecule has 1 amide bonds. The summed E-state index contributed by atoms with van der Waals surface area (Å²) in [6, 6.07) is 12.2. The summed E-state index contributed by atoms with van der Waals surface area (Å²) < 4.78 is 15.7. The minimum atomic E-state index is -0.858. The normalized spacial score (nSPS) is 11.6. The SMILES string of the molecule is COc1ccc(C(O)CN(C)C(=O)c2ccccc2OC)cc1OC. The van der Waals surface area contributed by atoms with E-state index in [0.717, 1.165) is 0 Å². The molecule has 6 nitrogen and oxygen atoms in total. The molecule has 0 saturated carbocycles. The first-order valence-corrected chi connectivity index (χ1v) is 7.80. The number of benzene rings is 2. The van der Waals surface area contributed by atoms with Crippen LogP contribution in [0.1, 0.15) is 22.0 Å². The minimum absolute atomic E-state index is 0.131. The van der Waals surface area contributed by atoms with Gasteiger partial charge in [0.25, 0.3) is 5.91 Å². The van der Waals surface area contributed by atoms with Gasteiger partial charge in [0.05, 0.1) is 39.5 Å². The summed E-state index contributed by atoms with van der Waals surface area (Å²) in [6.07, 6.45) is -0.858. The number of carbonyl (C=O) groups is 1. The zero-order valence-electron chi connectivity index (χ0n) is 14.9. The predicted octanol–water partition coefficient (Wildman–Crippen LogP) is 2.52. The number of aliphatic hydroxyl groups excluding tert-OH is 1. The van der Waals surface area contributed by atoms with E-state index in [9.17, 15) is 9.90 Å². The van der Waals surface area contributed by atoms with E-state index in [1.165, 1.54) is 19.1 Å². The highest BCUT2D eigenvalue weighted by atomic mass is 16.5. The van der Waals surface area contributed by atoms with Crippen molar-refractivity contribution < 1.29 is 24.1 Å². The first-order valence-electron chi connectivity index (χ1n) is 7.80. The lowest BCUT2D eigenvalue weighted by Gasteiger charge is -2.22. The van der Waals surface area contributed by atoms with E-state index in [1.54, 1.807) is 56.6 Å². The molecular weight excluding hydrogens is 322 g/mol. The molecule has 0 aliphatic rings. The highest BCUT2D eigenvalue weighted by Gasteiger charge is 2.20. The lowest BCUT2D eigenvalue weighted by Crippen LogP contribution is -2.31. The summed E-state index contributed by atoms with van der Waals surface area (Å²) in [4.78, 5) is 14.1. The Morgan fingerprint density at radius 2 is 1.64 bits per heavy atom. The zero-order valence-corrected chi connectivity index (χ0v) is 14.9. The molecule has 1 unspecified atom stereocenters. The molecule has 2 aromatic carbocycles. The van der Waals surface area contributed by atoms with Gasteiger partial charge in [0.1, 0.15) is 5.75 Å². The molecule has 0 saturated heterocycles. The number of nitrogens with zero attached hydrogens (tertiary/aromatic N) is 1. The van der Waals surface area contributed by atoms with Gasteiger partial charge >= 0.3 is 0 Å². The Morgan fingerprint density at radius 1 is 1.00 bits per heavy atom. The molecule has 6 heteroatoms. The number of amides is 1. The maximum Gasteiger partial charge on any atom is 0.257 e. The Hall–Kier alpha value is -2.73. The van der Waals surface area contributed by atoms with E-state index >= 15 is 0 Å². The van der Waals surface area contributed by atoms with Gasteiger partial charge in [0, 0.05) is 7.05 Å². The molecule has 1 N–H and O–H groups in total. The number of likely N-dealkylation sites (N-methyl/N-ethyl adjacent to an activating group) is 1. The monoisotopic (exact) mass is 345 g/mol. The average molecular weight is 345 g/mol. The van der Waals surface area contributed by atoms with Gasteiger partial charge in [-0.15, -0.1) is 0 Å². The third kappa shape index (κ3) is 4.22. The second kappa shape index (κ2) is 8.39. The van der Waals surface area contributed by atoms with Crippen LogP contribution in [-0.2, 0) is 0 Å². The van der Waals surface area contributed by atoms with Crippen LogP contribution < -0.4 is 14.2 Å². The number of hydrogen-bond donors (Lipinski definition) is 1. The lowest BCUT2D eigenvalue weighted by molar-refractivity contribution is 0.0677. The first-order chi connectivity index (χ1) is 12.0. The van der Waals surface area contributed by atoms with Crippen LogP contribution in [-0.4, -0.2) is 50.8 Å². The third-order valence-electron chi connectivity index (χ3n) is 3.92. The Bertz CT molecular complexity index is 732. The second-order valence-corrected chi connectivity index (χ2v) is 5.52. The number of hydrogen-bond acceptors (Lipinski definition) is 5. The number of rotatable bonds is 7. The van der Waals surface area contributed by atoms with Gasteiger partial charge in [-0.1, -0.05) is 18.2 Å². The van der Waals surface area contributed by atoms with Crippen molar-refractivity contribution in [2.45, 2.75) is 6.10 Å². The van der Waals surface area contributed by atoms with Gasteiger partial charge in [-0.3, -0.25) is 4.79 Å². The minimum Gasteiger partial charge on any atom is -0.496 e. The van der Waals surface area contributed by atoms with Crippen LogP contribution in [0.15, 0.2) is 42.5 Å². The van der Waals surface area contributed by atoms with E-state index in [-0.39, 0.29) is 12.5 Å². The maximum absolute atomic E-state index is 12.6. The van der Waals surface area contributed by atoms with Crippen LogP contribution in [0.25, 0.3) is 0 Å². The number of aliphatic hydroxyl groups is 1. The molecule has 1 atom stereocenters. The summed E-state index contributed by atoms with van der Waals surface area (Å²) >= 11 is 0. The Kier molecular flexibility index (Phi) is 6.25. The molecule has 2 aromatic rings. The molecule has 25 heavy (non-hydrogen) atoms. The second-order valence-electron chi connectivity index (χ2n) is 5.52. The maximum atomic E-state index is 12.6. The standard InChI is InChI=1S/C19H23NO5/c1-20(19(22)14-7-5-6-8-16(14)23-2)12-15(21)13-9-10-17(24-3)18(11-13)25-4/h5-11,15,21H,12H2,1-4H3. The summed E-state index contributed by atoms with van der Waals surface area (Å²) in [7, 11) is 6.24. The van der Waals surface area contributed by atoms with Crippen LogP contribution in [0.5, 0.6) is 17.2 Å². The lowest BCUT2D eigenvalue weighted by atomic mass is 10.1. The van der Waals surface area contributed by atoms with E-state index < -0.39 is 6.10 Å². The molecule has 0 aliphatic heterocycles. The molecule has 0 aromatic heterocycles. The molecule has 134 valence electrons. The van der Waals surface area contributed by atoms with Crippen LogP contribution in [0, 0.1) is 0 Å². The fourth-order valence-corrected chi connectivity index (χ4v) is 2.53. The molecule has 0 radical (unpaired) electrons. The van der Waals surface area contributed by atoms with Gasteiger partial charge < -0.3 is 24.2 Å². The summed E-state index contributed by atoms with van der Waals surface area (Å²) in [5, 5.41) is 10.5. The van der Waals surface area contributed by atoms with Crippen molar-refractivity contribution in [1.29, 1.82) is 0 Å². The molecule has 0 aliphatic carbocycles. The van der Waals surface area contributed by atoms with Gasteiger partial charge in [-0.05, 0) is 29.8 Å². The number of carbonyl (C=O) groups excluding carboxylic acids is 1. The van der Waals surface area contributed by atoms with Crippen LogP contribution in [0.2, 0.25) is 0 Å². The van der Waals surface area contributed by atoms with Gasteiger partial charge in [0.2, 0.25) is 0 Å². The third-order valence-corrected chi connectivity index (χ3v) is 3.92. The Balaban J connectivity index is 2.14. The molecule has 0 fully saturated rings. The van der Waals surface area contributed by atoms with Crippen LogP contribution in [0.3, 0.4) is 0 Å². The largest absolute Gasteiger partial charge is 0.496 e. The molecule has 0 bridgehead atoms. The molecule has 0 heterocycles. The summed E-state index contributed by atoms with van der Waals surface area (Å²) in [5.74, 6) is 1.38. The van der Waals surface area contributed by atoms with Crippen molar-refractivity contribution in [2.24, 2.45) is 0 Å². The smallest absolute Gasteiger partial charge is 0.257 e. The van der Waals surface area contributed by atoms with Crippen molar-refractivity contribution in [3.8, 4) is 17.2 Å². The van der Waals surface area contributed by atoms with Crippen LogP contribution in [0.4, 0.5) is 0 Å². The zero-order chi connectivity index (χ0) is 18.4. The van der Waals surface area contributed by atoms with Gasteiger partial charge in [0.15, 0.2) is 11.5 Å². The average Bonchev–Trinajstić information content (AvgIpc) is 2.66. The van der Waals surface area contributed by atoms with Crippen molar-refractivity contribution in [3.05, 3.63) is 53.6 Å². The van der Waals surface area contributed by atoms with Gasteiger partial charge in [-0.2, -0.15) is 0 Å². The number of para-hydroxylation sites is 1. The molecule has 0 spiro atoms. The van der Waals surface area contributed by atoms with Crippen molar-refractivity contribution in [3.63, 3.8) is 0 Å². The highest BCUT2D eigenvalue weighted by Crippen LogP contribution is 2.30. The summed E-state index contributed by atoms with van der Waals surface area (Å²) in [5.41, 5.74) is 1.09. The summed E-state index contributed by atoms with van der Waals surface area (Å²) in [6.45, 7) is 0.131. The van der Waals surface area contributed by atoms with Crippen molar-refractivity contribution in [2.75, 3.05) is 34.9 Å². The topological polar surface area (TPSA) is 68.2 Å².